The quantitative estimate of drug-likeness (QED) is 0.863. The van der Waals surface area contributed by atoms with Crippen molar-refractivity contribution < 1.29 is 4.74 Å². The smallest absolute Gasteiger partial charge is 0.143 e. The van der Waals surface area contributed by atoms with Gasteiger partial charge in [-0.05, 0) is 25.1 Å². The molecule has 2 N–H and O–H groups in total. The van der Waals surface area contributed by atoms with E-state index in [1.54, 1.807) is 25.4 Å². The van der Waals surface area contributed by atoms with Gasteiger partial charge in [0.2, 0.25) is 0 Å². The van der Waals surface area contributed by atoms with Crippen LogP contribution in [-0.2, 0) is 0 Å². The second kappa shape index (κ2) is 5.23. The zero-order valence-electron chi connectivity index (χ0n) is 10.3. The molecule has 1 aromatic heterocycles. The minimum atomic E-state index is 0.0101. The molecule has 2 rings (SSSR count). The molecular weight excluding hydrogens is 228 g/mol. The Bertz CT molecular complexity index is 557. The molecule has 0 fully saturated rings. The van der Waals surface area contributed by atoms with Crippen LogP contribution in [0.1, 0.15) is 24.2 Å². The average molecular weight is 242 g/mol. The van der Waals surface area contributed by atoms with Crippen LogP contribution in [0.3, 0.4) is 0 Å². The maximum Gasteiger partial charge on any atom is 0.143 e. The molecule has 0 saturated heterocycles. The molecule has 2 aromatic rings. The minimum absolute atomic E-state index is 0.0101. The SMILES string of the molecule is COc1cccc(C#N)c1NC(C)c1ccn[nH]1. The van der Waals surface area contributed by atoms with Gasteiger partial charge in [0.15, 0.2) is 0 Å². The molecule has 0 spiro atoms. The van der Waals surface area contributed by atoms with Gasteiger partial charge in [0.25, 0.3) is 0 Å². The van der Waals surface area contributed by atoms with Gasteiger partial charge < -0.3 is 10.1 Å². The monoisotopic (exact) mass is 242 g/mol. The second-order valence-electron chi connectivity index (χ2n) is 3.87. The van der Waals surface area contributed by atoms with Crippen molar-refractivity contribution in [2.24, 2.45) is 0 Å². The standard InChI is InChI=1S/C13H14N4O/c1-9(11-6-7-15-17-11)16-13-10(8-14)4-3-5-12(13)18-2/h3-7,9,16H,1-2H3,(H,15,17). The van der Waals surface area contributed by atoms with Gasteiger partial charge in [-0.15, -0.1) is 0 Å². The summed E-state index contributed by atoms with van der Waals surface area (Å²) >= 11 is 0. The number of para-hydroxylation sites is 1. The number of nitrogens with one attached hydrogen (secondary N) is 2. The topological polar surface area (TPSA) is 73.7 Å². The van der Waals surface area contributed by atoms with E-state index in [1.807, 2.05) is 19.1 Å². The highest BCUT2D eigenvalue weighted by molar-refractivity contribution is 5.66. The molecule has 0 saturated carbocycles. The Balaban J connectivity index is 2.31. The molecule has 0 aliphatic carbocycles. The molecule has 1 unspecified atom stereocenters. The number of H-pyrrole nitrogens is 1. The summed E-state index contributed by atoms with van der Waals surface area (Å²) in [6, 6.07) is 9.42. The zero-order chi connectivity index (χ0) is 13.0. The first kappa shape index (κ1) is 12.0. The van der Waals surface area contributed by atoms with Crippen LogP contribution in [-0.4, -0.2) is 17.3 Å². The summed E-state index contributed by atoms with van der Waals surface area (Å²) < 4.78 is 5.27. The van der Waals surface area contributed by atoms with E-state index in [2.05, 4.69) is 21.6 Å². The number of aromatic amines is 1. The lowest BCUT2D eigenvalue weighted by molar-refractivity contribution is 0.416. The largest absolute Gasteiger partial charge is 0.495 e. The summed E-state index contributed by atoms with van der Waals surface area (Å²) in [5.41, 5.74) is 2.20. The lowest BCUT2D eigenvalue weighted by Gasteiger charge is -2.17. The minimum Gasteiger partial charge on any atom is -0.495 e. The lowest BCUT2D eigenvalue weighted by Crippen LogP contribution is -2.09. The summed E-state index contributed by atoms with van der Waals surface area (Å²) in [5, 5.41) is 19.2. The number of rotatable bonds is 4. The lowest BCUT2D eigenvalue weighted by atomic mass is 10.1. The predicted octanol–water partition coefficient (Wildman–Crippen LogP) is 2.46. The third-order valence-corrected chi connectivity index (χ3v) is 2.72. The second-order valence-corrected chi connectivity index (χ2v) is 3.87. The van der Waals surface area contributed by atoms with Gasteiger partial charge in [-0.1, -0.05) is 6.07 Å². The number of aromatic nitrogens is 2. The maximum atomic E-state index is 9.12. The van der Waals surface area contributed by atoms with Crippen molar-refractivity contribution >= 4 is 5.69 Å². The van der Waals surface area contributed by atoms with Crippen LogP contribution in [0.15, 0.2) is 30.5 Å². The van der Waals surface area contributed by atoms with Crippen LogP contribution in [0.5, 0.6) is 5.75 Å². The molecule has 0 radical (unpaired) electrons. The fourth-order valence-electron chi connectivity index (χ4n) is 1.75. The fraction of sp³-hybridized carbons (Fsp3) is 0.231. The first-order chi connectivity index (χ1) is 8.76. The summed E-state index contributed by atoms with van der Waals surface area (Å²) in [6.45, 7) is 1.99. The van der Waals surface area contributed by atoms with E-state index in [9.17, 15) is 0 Å². The number of hydrogen-bond acceptors (Lipinski definition) is 4. The van der Waals surface area contributed by atoms with Crippen molar-refractivity contribution in [2.75, 3.05) is 12.4 Å². The van der Waals surface area contributed by atoms with E-state index in [-0.39, 0.29) is 6.04 Å². The normalized spacial score (nSPS) is 11.6. The molecular formula is C13H14N4O. The fourth-order valence-corrected chi connectivity index (χ4v) is 1.75. The number of ether oxygens (including phenoxy) is 1. The Hall–Kier alpha value is -2.48. The Labute approximate surface area is 105 Å². The molecule has 5 nitrogen and oxygen atoms in total. The average Bonchev–Trinajstić information content (AvgIpc) is 2.93. The Kier molecular flexibility index (Phi) is 3.49. The summed E-state index contributed by atoms with van der Waals surface area (Å²) in [6.07, 6.45) is 1.70. The highest BCUT2D eigenvalue weighted by Crippen LogP contribution is 2.30. The van der Waals surface area contributed by atoms with Gasteiger partial charge in [-0.3, -0.25) is 5.10 Å². The molecule has 1 atom stereocenters. The highest BCUT2D eigenvalue weighted by Gasteiger charge is 2.13. The Morgan fingerprint density at radius 3 is 2.89 bits per heavy atom. The first-order valence-corrected chi connectivity index (χ1v) is 5.59. The zero-order valence-corrected chi connectivity index (χ0v) is 10.3. The molecule has 0 aliphatic heterocycles. The summed E-state index contributed by atoms with van der Waals surface area (Å²) in [4.78, 5) is 0. The number of methoxy groups -OCH3 is 1. The van der Waals surface area contributed by atoms with E-state index < -0.39 is 0 Å². The summed E-state index contributed by atoms with van der Waals surface area (Å²) in [7, 11) is 1.59. The van der Waals surface area contributed by atoms with Gasteiger partial charge >= 0.3 is 0 Å². The third-order valence-electron chi connectivity index (χ3n) is 2.72. The Morgan fingerprint density at radius 2 is 2.28 bits per heavy atom. The van der Waals surface area contributed by atoms with E-state index in [4.69, 9.17) is 10.00 Å². The van der Waals surface area contributed by atoms with E-state index in [0.29, 0.717) is 17.0 Å². The van der Waals surface area contributed by atoms with Crippen molar-refractivity contribution in [3.63, 3.8) is 0 Å². The van der Waals surface area contributed by atoms with Crippen molar-refractivity contribution in [1.82, 2.24) is 10.2 Å². The third kappa shape index (κ3) is 2.28. The van der Waals surface area contributed by atoms with Gasteiger partial charge in [-0.2, -0.15) is 10.4 Å². The molecule has 0 amide bonds. The molecule has 1 heterocycles. The van der Waals surface area contributed by atoms with E-state index in [0.717, 1.165) is 5.69 Å². The van der Waals surface area contributed by atoms with E-state index in [1.165, 1.54) is 0 Å². The van der Waals surface area contributed by atoms with Crippen molar-refractivity contribution in [2.45, 2.75) is 13.0 Å². The van der Waals surface area contributed by atoms with Crippen molar-refractivity contribution in [3.05, 3.63) is 41.7 Å². The van der Waals surface area contributed by atoms with Crippen molar-refractivity contribution in [1.29, 1.82) is 5.26 Å². The number of benzene rings is 1. The molecule has 5 heteroatoms. The van der Waals surface area contributed by atoms with Crippen LogP contribution in [0.2, 0.25) is 0 Å². The van der Waals surface area contributed by atoms with Gasteiger partial charge in [0.05, 0.1) is 30.1 Å². The van der Waals surface area contributed by atoms with Gasteiger partial charge in [-0.25, -0.2) is 0 Å². The van der Waals surface area contributed by atoms with Crippen LogP contribution in [0.4, 0.5) is 5.69 Å². The molecule has 18 heavy (non-hydrogen) atoms. The van der Waals surface area contributed by atoms with Crippen molar-refractivity contribution in [3.8, 4) is 11.8 Å². The molecule has 1 aromatic carbocycles. The van der Waals surface area contributed by atoms with Crippen LogP contribution in [0.25, 0.3) is 0 Å². The Morgan fingerprint density at radius 1 is 1.44 bits per heavy atom. The number of hydrogen-bond donors (Lipinski definition) is 2. The van der Waals surface area contributed by atoms with Gasteiger partial charge in [0.1, 0.15) is 11.8 Å². The molecule has 92 valence electrons. The first-order valence-electron chi connectivity index (χ1n) is 5.59. The molecule has 0 aliphatic rings. The van der Waals surface area contributed by atoms with Crippen LogP contribution >= 0.6 is 0 Å². The van der Waals surface area contributed by atoms with Crippen LogP contribution in [0, 0.1) is 11.3 Å². The van der Waals surface area contributed by atoms with Crippen LogP contribution < -0.4 is 10.1 Å². The summed E-state index contributed by atoms with van der Waals surface area (Å²) in [5.74, 6) is 0.653. The number of anilines is 1. The number of nitriles is 1. The van der Waals surface area contributed by atoms with E-state index >= 15 is 0 Å². The van der Waals surface area contributed by atoms with Gasteiger partial charge in [0, 0.05) is 6.20 Å². The predicted molar refractivity (Wildman–Crippen MR) is 68.3 cm³/mol. The number of nitrogens with zero attached hydrogens (tertiary/aromatic N) is 2. The highest BCUT2D eigenvalue weighted by atomic mass is 16.5. The maximum absolute atomic E-state index is 9.12. The molecule has 0 bridgehead atoms.